The number of methoxy groups -OCH3 is 1. The molecule has 1 N–H and O–H groups in total. The maximum absolute atomic E-state index is 12.3. The first-order chi connectivity index (χ1) is 13.3. The second-order valence-electron chi connectivity index (χ2n) is 6.85. The van der Waals surface area contributed by atoms with E-state index in [0.717, 1.165) is 17.7 Å². The van der Waals surface area contributed by atoms with Crippen LogP contribution in [0, 0.1) is 0 Å². The van der Waals surface area contributed by atoms with Crippen molar-refractivity contribution >= 4 is 34.2 Å². The molecular formula is C21H31NO5S. The summed E-state index contributed by atoms with van der Waals surface area (Å²) in [6.45, 7) is 8.28. The maximum atomic E-state index is 12.3. The van der Waals surface area contributed by atoms with Crippen molar-refractivity contribution in [2.24, 2.45) is 0 Å². The van der Waals surface area contributed by atoms with E-state index >= 15 is 0 Å². The van der Waals surface area contributed by atoms with Crippen LogP contribution in [0.4, 0.5) is 5.00 Å². The lowest BCUT2D eigenvalue weighted by atomic mass is 10.0. The van der Waals surface area contributed by atoms with Crippen LogP contribution in [0.15, 0.2) is 17.7 Å². The van der Waals surface area contributed by atoms with Crippen molar-refractivity contribution in [2.45, 2.75) is 65.7 Å². The van der Waals surface area contributed by atoms with E-state index in [0.29, 0.717) is 17.0 Å². The topological polar surface area (TPSA) is 81.7 Å². The lowest BCUT2D eigenvalue weighted by Crippen LogP contribution is -2.14. The van der Waals surface area contributed by atoms with Crippen LogP contribution >= 0.6 is 11.3 Å². The number of allylic oxidation sites excluding steroid dienone is 2. The molecule has 0 bridgehead atoms. The molecule has 0 unspecified atom stereocenters. The average Bonchev–Trinajstić information content (AvgIpc) is 3.05. The van der Waals surface area contributed by atoms with E-state index in [-0.39, 0.29) is 37.2 Å². The zero-order valence-electron chi connectivity index (χ0n) is 17.4. The van der Waals surface area contributed by atoms with Crippen molar-refractivity contribution in [3.63, 3.8) is 0 Å². The third-order valence-electron chi connectivity index (χ3n) is 4.15. The van der Waals surface area contributed by atoms with E-state index < -0.39 is 5.97 Å². The number of rotatable bonds is 11. The Balaban J connectivity index is 2.85. The van der Waals surface area contributed by atoms with E-state index in [1.165, 1.54) is 24.0 Å². The Hall–Kier alpha value is -2.15. The summed E-state index contributed by atoms with van der Waals surface area (Å²) < 4.78 is 9.70. The lowest BCUT2D eigenvalue weighted by molar-refractivity contribution is -0.140. The molecule has 1 heterocycles. The first kappa shape index (κ1) is 23.9. The minimum Gasteiger partial charge on any atom is -0.469 e. The molecule has 1 amide bonds. The summed E-state index contributed by atoms with van der Waals surface area (Å²) in [6.07, 6.45) is 4.88. The normalized spacial score (nSPS) is 11.5. The molecular weight excluding hydrogens is 378 g/mol. The van der Waals surface area contributed by atoms with Crippen molar-refractivity contribution in [3.05, 3.63) is 28.2 Å². The van der Waals surface area contributed by atoms with Gasteiger partial charge in [0.2, 0.25) is 5.91 Å². The van der Waals surface area contributed by atoms with Gasteiger partial charge in [-0.25, -0.2) is 4.79 Å². The van der Waals surface area contributed by atoms with Gasteiger partial charge in [-0.3, -0.25) is 9.59 Å². The van der Waals surface area contributed by atoms with Gasteiger partial charge in [-0.15, -0.1) is 11.3 Å². The van der Waals surface area contributed by atoms with Gasteiger partial charge in [-0.2, -0.15) is 0 Å². The predicted octanol–water partition coefficient (Wildman–Crippen LogP) is 5.06. The number of amides is 1. The molecule has 28 heavy (non-hydrogen) atoms. The third kappa shape index (κ3) is 8.25. The van der Waals surface area contributed by atoms with Gasteiger partial charge in [-0.05, 0) is 52.0 Å². The molecule has 0 saturated heterocycles. The zero-order chi connectivity index (χ0) is 21.1. The highest BCUT2D eigenvalue weighted by Gasteiger charge is 2.21. The van der Waals surface area contributed by atoms with Gasteiger partial charge in [0.1, 0.15) is 5.00 Å². The fourth-order valence-corrected chi connectivity index (χ4v) is 3.70. The summed E-state index contributed by atoms with van der Waals surface area (Å²) in [5.74, 6) is -0.756. The van der Waals surface area contributed by atoms with Crippen LogP contribution in [0.25, 0.3) is 0 Å². The Morgan fingerprint density at radius 3 is 2.57 bits per heavy atom. The number of hydrogen-bond donors (Lipinski definition) is 1. The van der Waals surface area contributed by atoms with Crippen LogP contribution in [-0.2, 0) is 19.1 Å². The monoisotopic (exact) mass is 409 g/mol. The second kappa shape index (κ2) is 12.3. The molecule has 0 saturated carbocycles. The smallest absolute Gasteiger partial charge is 0.341 e. The Bertz CT molecular complexity index is 704. The van der Waals surface area contributed by atoms with E-state index in [1.807, 2.05) is 6.07 Å². The molecule has 0 fully saturated rings. The predicted molar refractivity (Wildman–Crippen MR) is 112 cm³/mol. The maximum Gasteiger partial charge on any atom is 0.341 e. The van der Waals surface area contributed by atoms with Crippen molar-refractivity contribution in [3.8, 4) is 0 Å². The van der Waals surface area contributed by atoms with Crippen LogP contribution in [0.1, 0.15) is 81.0 Å². The van der Waals surface area contributed by atoms with Gasteiger partial charge in [0.25, 0.3) is 0 Å². The molecule has 6 nitrogen and oxygen atoms in total. The zero-order valence-corrected chi connectivity index (χ0v) is 18.2. The third-order valence-corrected chi connectivity index (χ3v) is 5.43. The fourth-order valence-electron chi connectivity index (χ4n) is 2.56. The van der Waals surface area contributed by atoms with Crippen LogP contribution in [-0.4, -0.2) is 31.6 Å². The summed E-state index contributed by atoms with van der Waals surface area (Å²) in [5.41, 5.74) is 1.67. The minimum atomic E-state index is -0.439. The second-order valence-corrected chi connectivity index (χ2v) is 7.93. The number of carbonyl (C=O) groups is 3. The number of thiophene rings is 1. The Morgan fingerprint density at radius 1 is 1.25 bits per heavy atom. The summed E-state index contributed by atoms with van der Waals surface area (Å²) in [4.78, 5) is 36.7. The van der Waals surface area contributed by atoms with E-state index in [1.54, 1.807) is 6.92 Å². The Kier molecular flexibility index (Phi) is 10.5. The number of esters is 2. The number of nitrogens with one attached hydrogen (secondary N) is 1. The molecule has 1 aromatic heterocycles. The van der Waals surface area contributed by atoms with Crippen molar-refractivity contribution in [1.82, 2.24) is 0 Å². The van der Waals surface area contributed by atoms with E-state index in [4.69, 9.17) is 4.74 Å². The van der Waals surface area contributed by atoms with Gasteiger partial charge in [0.15, 0.2) is 0 Å². The number of ether oxygens (including phenoxy) is 2. The molecule has 1 aromatic rings. The highest BCUT2D eigenvalue weighted by molar-refractivity contribution is 7.16. The summed E-state index contributed by atoms with van der Waals surface area (Å²) >= 11 is 1.41. The fraction of sp³-hybridized carbons (Fsp3) is 0.571. The Morgan fingerprint density at radius 2 is 1.96 bits per heavy atom. The SMILES string of the molecule is CCOC(=O)c1cc([C@@H](C)CCC=C(C)C)sc1NC(=O)CCCC(=O)OC. The molecule has 1 atom stereocenters. The molecule has 0 aromatic carbocycles. The summed E-state index contributed by atoms with van der Waals surface area (Å²) in [5, 5.41) is 3.31. The molecule has 0 radical (unpaired) electrons. The molecule has 0 aliphatic rings. The van der Waals surface area contributed by atoms with Gasteiger partial charge >= 0.3 is 11.9 Å². The van der Waals surface area contributed by atoms with E-state index in [2.05, 4.69) is 36.9 Å². The van der Waals surface area contributed by atoms with E-state index in [9.17, 15) is 14.4 Å². The molecule has 0 aliphatic carbocycles. The van der Waals surface area contributed by atoms with Crippen LogP contribution in [0.2, 0.25) is 0 Å². The standard InChI is InChI=1S/C21H31NO5S/c1-6-27-21(25)16-13-17(15(4)10-7-9-14(2)3)28-20(16)22-18(23)11-8-12-19(24)26-5/h9,13,15H,6-8,10-12H2,1-5H3,(H,22,23)/t15-/m0/s1. The lowest BCUT2D eigenvalue weighted by Gasteiger charge is -2.07. The van der Waals surface area contributed by atoms with Gasteiger partial charge in [0, 0.05) is 17.7 Å². The first-order valence-electron chi connectivity index (χ1n) is 9.59. The quantitative estimate of drug-likeness (QED) is 0.408. The van der Waals surface area contributed by atoms with Gasteiger partial charge in [-0.1, -0.05) is 18.6 Å². The first-order valence-corrected chi connectivity index (χ1v) is 10.4. The van der Waals surface area contributed by atoms with Gasteiger partial charge in [0.05, 0.1) is 19.3 Å². The minimum absolute atomic E-state index is 0.181. The molecule has 156 valence electrons. The van der Waals surface area contributed by atoms with Crippen molar-refractivity contribution in [2.75, 3.05) is 19.0 Å². The Labute approximate surface area is 171 Å². The average molecular weight is 410 g/mol. The van der Waals surface area contributed by atoms with Crippen LogP contribution in [0.5, 0.6) is 0 Å². The number of carbonyl (C=O) groups excluding carboxylic acids is 3. The van der Waals surface area contributed by atoms with Gasteiger partial charge < -0.3 is 14.8 Å². The highest BCUT2D eigenvalue weighted by Crippen LogP contribution is 2.35. The molecule has 1 rings (SSSR count). The van der Waals surface area contributed by atoms with Crippen molar-refractivity contribution in [1.29, 1.82) is 0 Å². The molecule has 7 heteroatoms. The molecule has 0 spiro atoms. The number of hydrogen-bond acceptors (Lipinski definition) is 6. The van der Waals surface area contributed by atoms with Crippen molar-refractivity contribution < 1.29 is 23.9 Å². The largest absolute Gasteiger partial charge is 0.469 e. The van der Waals surface area contributed by atoms with Crippen LogP contribution < -0.4 is 5.32 Å². The van der Waals surface area contributed by atoms with Crippen LogP contribution in [0.3, 0.4) is 0 Å². The summed E-state index contributed by atoms with van der Waals surface area (Å²) in [6, 6.07) is 1.82. The molecule has 0 aliphatic heterocycles. The number of anilines is 1. The highest BCUT2D eigenvalue weighted by atomic mass is 32.1. The summed E-state index contributed by atoms with van der Waals surface area (Å²) in [7, 11) is 1.32.